The molecule has 2 rings (SSSR count). The second kappa shape index (κ2) is 9.06. The van der Waals surface area contributed by atoms with Crippen LogP contribution in [0.5, 0.6) is 17.2 Å². The molecule has 27 heavy (non-hydrogen) atoms. The van der Waals surface area contributed by atoms with E-state index < -0.39 is 15.9 Å². The lowest BCUT2D eigenvalue weighted by atomic mass is 10.1. The average molecular weight is 392 g/mol. The van der Waals surface area contributed by atoms with Crippen LogP contribution in [0.4, 0.5) is 0 Å². The summed E-state index contributed by atoms with van der Waals surface area (Å²) in [5.41, 5.74) is 2.97. The van der Waals surface area contributed by atoms with E-state index in [4.69, 9.17) is 14.2 Å². The highest BCUT2D eigenvalue weighted by atomic mass is 32.2. The van der Waals surface area contributed by atoms with Gasteiger partial charge >= 0.3 is 0 Å². The monoisotopic (exact) mass is 392 g/mol. The molecule has 0 radical (unpaired) electrons. The Labute approximate surface area is 157 Å². The first-order valence-corrected chi connectivity index (χ1v) is 9.30. The van der Waals surface area contributed by atoms with Crippen LogP contribution in [0.1, 0.15) is 15.9 Å². The first kappa shape index (κ1) is 20.3. The largest absolute Gasteiger partial charge is 0.493 e. The van der Waals surface area contributed by atoms with E-state index in [1.54, 1.807) is 24.3 Å². The molecule has 0 unspecified atom stereocenters. The van der Waals surface area contributed by atoms with Crippen LogP contribution in [0.15, 0.2) is 47.9 Å². The number of methoxy groups -OCH3 is 3. The number of rotatable bonds is 8. The zero-order valence-electron chi connectivity index (χ0n) is 15.1. The fraction of sp³-hybridized carbons (Fsp3) is 0.167. The smallest absolute Gasteiger partial charge is 0.266 e. The van der Waals surface area contributed by atoms with Crippen molar-refractivity contribution in [3.05, 3.63) is 59.0 Å². The summed E-state index contributed by atoms with van der Waals surface area (Å²) in [5, 5.41) is 0.956. The van der Waals surface area contributed by atoms with Crippen LogP contribution >= 0.6 is 0 Å². The van der Waals surface area contributed by atoms with Gasteiger partial charge in [-0.05, 0) is 23.8 Å². The van der Waals surface area contributed by atoms with Crippen molar-refractivity contribution in [2.75, 3.05) is 21.3 Å². The molecule has 0 heterocycles. The predicted molar refractivity (Wildman–Crippen MR) is 101 cm³/mol. The predicted octanol–water partition coefficient (Wildman–Crippen LogP) is 1.95. The molecule has 2 aromatic carbocycles. The van der Waals surface area contributed by atoms with Gasteiger partial charge in [0.05, 0.1) is 21.3 Å². The zero-order valence-corrected chi connectivity index (χ0v) is 15.9. The molecule has 0 aliphatic rings. The van der Waals surface area contributed by atoms with Gasteiger partial charge in [0.1, 0.15) is 0 Å². The van der Waals surface area contributed by atoms with Crippen molar-refractivity contribution in [2.24, 2.45) is 0 Å². The van der Waals surface area contributed by atoms with E-state index >= 15 is 0 Å². The van der Waals surface area contributed by atoms with Crippen LogP contribution in [-0.4, -0.2) is 35.7 Å². The first-order chi connectivity index (χ1) is 12.9. The lowest BCUT2D eigenvalue weighted by molar-refractivity contribution is 0.0944. The number of sulfonamides is 1. The topological polar surface area (TPSA) is 103 Å². The van der Waals surface area contributed by atoms with Gasteiger partial charge in [-0.15, -0.1) is 4.83 Å². The summed E-state index contributed by atoms with van der Waals surface area (Å²) in [6.45, 7) is 0. The van der Waals surface area contributed by atoms with Gasteiger partial charge in [0, 0.05) is 11.0 Å². The van der Waals surface area contributed by atoms with Crippen molar-refractivity contribution in [1.29, 1.82) is 0 Å². The Balaban J connectivity index is 2.12. The molecule has 0 aromatic heterocycles. The maximum atomic E-state index is 12.3. The number of nitrogens with one attached hydrogen (secondary N) is 2. The number of carbonyl (C=O) groups is 1. The van der Waals surface area contributed by atoms with E-state index in [0.717, 1.165) is 5.41 Å². The van der Waals surface area contributed by atoms with E-state index in [-0.39, 0.29) is 17.1 Å². The fourth-order valence-corrected chi connectivity index (χ4v) is 2.81. The number of hydrogen-bond acceptors (Lipinski definition) is 6. The second-order valence-corrected chi connectivity index (χ2v) is 6.79. The molecule has 0 aliphatic heterocycles. The number of hydrogen-bond donors (Lipinski definition) is 2. The molecule has 1 amide bonds. The van der Waals surface area contributed by atoms with Crippen LogP contribution in [0.2, 0.25) is 0 Å². The maximum absolute atomic E-state index is 12.3. The van der Waals surface area contributed by atoms with Crippen LogP contribution in [0, 0.1) is 0 Å². The molecule has 0 spiro atoms. The molecule has 0 saturated carbocycles. The summed E-state index contributed by atoms with van der Waals surface area (Å²) in [4.78, 5) is 14.3. The summed E-state index contributed by atoms with van der Waals surface area (Å²) in [5.74, 6) is 0.177. The summed E-state index contributed by atoms with van der Waals surface area (Å²) >= 11 is 0. The number of hydrazine groups is 1. The van der Waals surface area contributed by atoms with Crippen molar-refractivity contribution >= 4 is 22.0 Å². The molecule has 0 aliphatic carbocycles. The Kier molecular flexibility index (Phi) is 6.80. The number of benzene rings is 2. The normalized spacial score (nSPS) is 11.2. The Morgan fingerprint density at radius 1 is 0.963 bits per heavy atom. The van der Waals surface area contributed by atoms with Gasteiger partial charge in [0.2, 0.25) is 5.75 Å². The van der Waals surface area contributed by atoms with E-state index in [1.165, 1.54) is 39.5 Å². The van der Waals surface area contributed by atoms with Crippen molar-refractivity contribution in [2.45, 2.75) is 0 Å². The van der Waals surface area contributed by atoms with Crippen LogP contribution in [0.3, 0.4) is 0 Å². The summed E-state index contributed by atoms with van der Waals surface area (Å²) in [6.07, 6.45) is 1.41. The Bertz CT molecular complexity index is 901. The van der Waals surface area contributed by atoms with Gasteiger partial charge in [-0.2, -0.15) is 0 Å². The minimum absolute atomic E-state index is 0.124. The van der Waals surface area contributed by atoms with Gasteiger partial charge in [0.15, 0.2) is 11.5 Å². The molecular formula is C18H20N2O6S. The third-order valence-electron chi connectivity index (χ3n) is 3.47. The zero-order chi connectivity index (χ0) is 19.9. The van der Waals surface area contributed by atoms with Crippen LogP contribution in [-0.2, 0) is 10.0 Å². The van der Waals surface area contributed by atoms with Crippen molar-refractivity contribution < 1.29 is 27.4 Å². The Morgan fingerprint density at radius 3 is 2.07 bits per heavy atom. The molecule has 2 N–H and O–H groups in total. The van der Waals surface area contributed by atoms with Crippen LogP contribution < -0.4 is 24.5 Å². The highest BCUT2D eigenvalue weighted by molar-refractivity contribution is 7.92. The summed E-state index contributed by atoms with van der Waals surface area (Å²) in [7, 11) is 0.387. The third kappa shape index (κ3) is 5.47. The van der Waals surface area contributed by atoms with Gasteiger partial charge in [-0.1, -0.05) is 30.3 Å². The Morgan fingerprint density at radius 2 is 1.56 bits per heavy atom. The second-order valence-electron chi connectivity index (χ2n) is 5.23. The van der Waals surface area contributed by atoms with E-state index in [0.29, 0.717) is 11.3 Å². The lowest BCUT2D eigenvalue weighted by Gasteiger charge is -2.14. The van der Waals surface area contributed by atoms with Gasteiger partial charge in [-0.25, -0.2) is 8.42 Å². The Hall–Kier alpha value is -3.04. The summed E-state index contributed by atoms with van der Waals surface area (Å²) in [6, 6.07) is 11.7. The molecule has 8 nitrogen and oxygen atoms in total. The summed E-state index contributed by atoms with van der Waals surface area (Å²) < 4.78 is 39.5. The van der Waals surface area contributed by atoms with Crippen molar-refractivity contribution in [3.8, 4) is 17.2 Å². The van der Waals surface area contributed by atoms with Crippen molar-refractivity contribution in [1.82, 2.24) is 10.3 Å². The molecule has 2 aromatic rings. The molecule has 0 fully saturated rings. The highest BCUT2D eigenvalue weighted by Gasteiger charge is 2.17. The minimum atomic E-state index is -3.88. The average Bonchev–Trinajstić information content (AvgIpc) is 2.70. The molecule has 0 saturated heterocycles. The number of carbonyl (C=O) groups excluding carboxylic acids is 1. The van der Waals surface area contributed by atoms with E-state index in [2.05, 4.69) is 5.43 Å². The maximum Gasteiger partial charge on any atom is 0.266 e. The van der Waals surface area contributed by atoms with Gasteiger partial charge in [-0.3, -0.25) is 10.2 Å². The van der Waals surface area contributed by atoms with E-state index in [1.807, 2.05) is 10.9 Å². The molecule has 144 valence electrons. The highest BCUT2D eigenvalue weighted by Crippen LogP contribution is 2.38. The molecular weight excluding hydrogens is 372 g/mol. The molecule has 0 bridgehead atoms. The van der Waals surface area contributed by atoms with Gasteiger partial charge < -0.3 is 14.2 Å². The number of ether oxygens (including phenoxy) is 3. The lowest BCUT2D eigenvalue weighted by Crippen LogP contribution is -2.40. The van der Waals surface area contributed by atoms with Crippen LogP contribution in [0.25, 0.3) is 6.08 Å². The number of amides is 1. The van der Waals surface area contributed by atoms with Gasteiger partial charge in [0.25, 0.3) is 15.9 Å². The molecule has 0 atom stereocenters. The van der Waals surface area contributed by atoms with Crippen molar-refractivity contribution in [3.63, 3.8) is 0 Å². The standard InChI is InChI=1S/C18H20N2O6S/c1-24-15-11-14(12-16(25-2)17(15)26-3)18(21)19-20-27(22,23)10-9-13-7-5-4-6-8-13/h4-12,20H,1-3H3,(H,19,21)/b10-9+. The molecule has 9 heteroatoms. The fourth-order valence-electron chi connectivity index (χ4n) is 2.17. The third-order valence-corrected chi connectivity index (χ3v) is 4.35. The SMILES string of the molecule is COc1cc(C(=O)NNS(=O)(=O)/C=C/c2ccccc2)cc(OC)c1OC. The van der Waals surface area contributed by atoms with E-state index in [9.17, 15) is 13.2 Å². The minimum Gasteiger partial charge on any atom is -0.493 e. The quantitative estimate of drug-likeness (QED) is 0.666. The first-order valence-electron chi connectivity index (χ1n) is 7.75.